The van der Waals surface area contributed by atoms with Gasteiger partial charge in [0.2, 0.25) is 5.91 Å². The Morgan fingerprint density at radius 1 is 1.04 bits per heavy atom. The molecule has 24 heavy (non-hydrogen) atoms. The van der Waals surface area contributed by atoms with Crippen molar-refractivity contribution in [1.29, 1.82) is 0 Å². The first-order valence-electron chi connectivity index (χ1n) is 6.86. The van der Waals surface area contributed by atoms with Crippen LogP contribution in [-0.4, -0.2) is 16.8 Å². The molecule has 0 aliphatic rings. The predicted octanol–water partition coefficient (Wildman–Crippen LogP) is 3.79. The molecule has 0 unspecified atom stereocenters. The number of anilines is 2. The summed E-state index contributed by atoms with van der Waals surface area (Å²) in [7, 11) is 0. The molecule has 0 aliphatic heterocycles. The summed E-state index contributed by atoms with van der Waals surface area (Å²) in [6, 6.07) is 7.71. The summed E-state index contributed by atoms with van der Waals surface area (Å²) in [6.45, 7) is 1.40. The van der Waals surface area contributed by atoms with Crippen molar-refractivity contribution in [2.45, 2.75) is 6.92 Å². The van der Waals surface area contributed by atoms with Gasteiger partial charge in [-0.3, -0.25) is 14.9 Å². The lowest BCUT2D eigenvalue weighted by molar-refractivity contribution is -0.114. The molecular formula is C16H11F2N3O2S. The monoisotopic (exact) mass is 347 g/mol. The summed E-state index contributed by atoms with van der Waals surface area (Å²) in [4.78, 5) is 27.4. The maximum absolute atomic E-state index is 13.2. The molecule has 2 N–H and O–H groups in total. The van der Waals surface area contributed by atoms with E-state index in [1.165, 1.54) is 18.3 Å². The molecule has 0 saturated heterocycles. The zero-order chi connectivity index (χ0) is 17.3. The number of nitrogens with zero attached hydrogens (tertiary/aromatic N) is 1. The zero-order valence-electron chi connectivity index (χ0n) is 12.4. The van der Waals surface area contributed by atoms with Crippen molar-refractivity contribution >= 4 is 44.2 Å². The number of rotatable bonds is 3. The van der Waals surface area contributed by atoms with Crippen LogP contribution in [-0.2, 0) is 4.79 Å². The molecule has 3 aromatic rings. The molecule has 0 saturated carbocycles. The Hall–Kier alpha value is -2.87. The standard InChI is InChI=1S/C16H11F2N3O2S/c1-8(22)19-12-2-3-13-14(7-12)24-16(20-13)21-15(23)9-4-10(17)6-11(18)5-9/h2-7H,1H3,(H,19,22)(H,20,21,23). The molecule has 0 bridgehead atoms. The lowest BCUT2D eigenvalue weighted by Gasteiger charge is -2.02. The van der Waals surface area contributed by atoms with Crippen LogP contribution in [0, 0.1) is 11.6 Å². The third-order valence-electron chi connectivity index (χ3n) is 3.05. The van der Waals surface area contributed by atoms with Gasteiger partial charge in [-0.2, -0.15) is 0 Å². The Kier molecular flexibility index (Phi) is 4.22. The summed E-state index contributed by atoms with van der Waals surface area (Å²) < 4.78 is 27.1. The quantitative estimate of drug-likeness (QED) is 0.757. The Balaban J connectivity index is 1.84. The molecule has 5 nitrogen and oxygen atoms in total. The van der Waals surface area contributed by atoms with Crippen molar-refractivity contribution in [3.05, 3.63) is 53.6 Å². The van der Waals surface area contributed by atoms with Crippen molar-refractivity contribution in [2.24, 2.45) is 0 Å². The number of hydrogen-bond donors (Lipinski definition) is 2. The Morgan fingerprint density at radius 2 is 1.75 bits per heavy atom. The highest BCUT2D eigenvalue weighted by Gasteiger charge is 2.12. The highest BCUT2D eigenvalue weighted by atomic mass is 32.1. The molecule has 1 heterocycles. The van der Waals surface area contributed by atoms with Gasteiger partial charge >= 0.3 is 0 Å². The van der Waals surface area contributed by atoms with Crippen LogP contribution < -0.4 is 10.6 Å². The van der Waals surface area contributed by atoms with Gasteiger partial charge in [0.1, 0.15) is 11.6 Å². The van der Waals surface area contributed by atoms with Gasteiger partial charge < -0.3 is 5.32 Å². The largest absolute Gasteiger partial charge is 0.326 e. The van der Waals surface area contributed by atoms with E-state index in [9.17, 15) is 18.4 Å². The Labute approximate surface area is 139 Å². The number of carbonyl (C=O) groups is 2. The molecule has 1 aromatic heterocycles. The van der Waals surface area contributed by atoms with Gasteiger partial charge in [0, 0.05) is 24.2 Å². The minimum atomic E-state index is -0.829. The number of thiazole rings is 1. The summed E-state index contributed by atoms with van der Waals surface area (Å²) >= 11 is 1.19. The summed E-state index contributed by atoms with van der Waals surface area (Å²) in [5.74, 6) is -2.51. The number of halogens is 2. The van der Waals surface area contributed by atoms with Gasteiger partial charge in [-0.15, -0.1) is 0 Å². The maximum Gasteiger partial charge on any atom is 0.257 e. The van der Waals surface area contributed by atoms with Crippen LogP contribution >= 0.6 is 11.3 Å². The van der Waals surface area contributed by atoms with Gasteiger partial charge in [0.15, 0.2) is 5.13 Å². The van der Waals surface area contributed by atoms with Crippen LogP contribution in [0.5, 0.6) is 0 Å². The van der Waals surface area contributed by atoms with Gasteiger partial charge in [-0.05, 0) is 30.3 Å². The normalized spacial score (nSPS) is 10.6. The second-order valence-electron chi connectivity index (χ2n) is 4.99. The smallest absolute Gasteiger partial charge is 0.257 e. The van der Waals surface area contributed by atoms with E-state index in [4.69, 9.17) is 0 Å². The van der Waals surface area contributed by atoms with Crippen molar-refractivity contribution in [3.8, 4) is 0 Å². The van der Waals surface area contributed by atoms with Crippen LogP contribution in [0.1, 0.15) is 17.3 Å². The molecule has 3 rings (SSSR count). The van der Waals surface area contributed by atoms with E-state index in [-0.39, 0.29) is 11.5 Å². The first-order valence-corrected chi connectivity index (χ1v) is 7.68. The van der Waals surface area contributed by atoms with Crippen LogP contribution in [0.25, 0.3) is 10.2 Å². The fourth-order valence-electron chi connectivity index (χ4n) is 2.11. The van der Waals surface area contributed by atoms with Crippen LogP contribution in [0.15, 0.2) is 36.4 Å². The molecule has 0 atom stereocenters. The summed E-state index contributed by atoms with van der Waals surface area (Å²) in [6.07, 6.45) is 0. The van der Waals surface area contributed by atoms with E-state index >= 15 is 0 Å². The van der Waals surface area contributed by atoms with E-state index in [0.29, 0.717) is 22.4 Å². The van der Waals surface area contributed by atoms with Crippen LogP contribution in [0.2, 0.25) is 0 Å². The van der Waals surface area contributed by atoms with Crippen molar-refractivity contribution in [2.75, 3.05) is 10.6 Å². The maximum atomic E-state index is 13.2. The number of aromatic nitrogens is 1. The zero-order valence-corrected chi connectivity index (χ0v) is 13.2. The predicted molar refractivity (Wildman–Crippen MR) is 88.2 cm³/mol. The van der Waals surface area contributed by atoms with E-state index < -0.39 is 17.5 Å². The fraction of sp³-hybridized carbons (Fsp3) is 0.0625. The van der Waals surface area contributed by atoms with Crippen molar-refractivity contribution in [1.82, 2.24) is 4.98 Å². The van der Waals surface area contributed by atoms with E-state index in [1.807, 2.05) is 0 Å². The number of nitrogens with one attached hydrogen (secondary N) is 2. The fourth-order valence-corrected chi connectivity index (χ4v) is 3.01. The molecule has 0 fully saturated rings. The molecule has 2 amide bonds. The number of hydrogen-bond acceptors (Lipinski definition) is 4. The molecule has 122 valence electrons. The topological polar surface area (TPSA) is 71.1 Å². The third kappa shape index (κ3) is 3.54. The lowest BCUT2D eigenvalue weighted by atomic mass is 10.2. The Bertz CT molecular complexity index is 935. The second-order valence-corrected chi connectivity index (χ2v) is 6.03. The van der Waals surface area contributed by atoms with Gasteiger partial charge in [-0.1, -0.05) is 11.3 Å². The number of benzene rings is 2. The van der Waals surface area contributed by atoms with E-state index in [2.05, 4.69) is 15.6 Å². The lowest BCUT2D eigenvalue weighted by Crippen LogP contribution is -2.12. The number of amides is 2. The summed E-state index contributed by atoms with van der Waals surface area (Å²) in [5, 5.41) is 5.46. The van der Waals surface area contributed by atoms with Gasteiger partial charge in [0.05, 0.1) is 10.2 Å². The SMILES string of the molecule is CC(=O)Nc1ccc2nc(NC(=O)c3cc(F)cc(F)c3)sc2c1. The minimum Gasteiger partial charge on any atom is -0.326 e. The highest BCUT2D eigenvalue weighted by molar-refractivity contribution is 7.22. The van der Waals surface area contributed by atoms with Gasteiger partial charge in [0.25, 0.3) is 5.91 Å². The van der Waals surface area contributed by atoms with E-state index in [0.717, 1.165) is 16.8 Å². The molecule has 0 spiro atoms. The average Bonchev–Trinajstić information content (AvgIpc) is 2.87. The molecule has 0 aliphatic carbocycles. The average molecular weight is 347 g/mol. The van der Waals surface area contributed by atoms with Crippen LogP contribution in [0.3, 0.4) is 0 Å². The van der Waals surface area contributed by atoms with Crippen LogP contribution in [0.4, 0.5) is 19.6 Å². The molecule has 8 heteroatoms. The first kappa shape index (κ1) is 16.0. The molecule has 2 aromatic carbocycles. The molecular weight excluding hydrogens is 336 g/mol. The first-order chi connectivity index (χ1) is 11.4. The molecule has 0 radical (unpaired) electrons. The number of fused-ring (bicyclic) bond motifs is 1. The van der Waals surface area contributed by atoms with E-state index in [1.54, 1.807) is 18.2 Å². The Morgan fingerprint density at radius 3 is 2.42 bits per heavy atom. The second kappa shape index (κ2) is 6.32. The minimum absolute atomic E-state index is 0.134. The van der Waals surface area contributed by atoms with Gasteiger partial charge in [-0.25, -0.2) is 13.8 Å². The van der Waals surface area contributed by atoms with Crippen molar-refractivity contribution < 1.29 is 18.4 Å². The third-order valence-corrected chi connectivity index (χ3v) is 3.99. The van der Waals surface area contributed by atoms with Crippen molar-refractivity contribution in [3.63, 3.8) is 0 Å². The highest BCUT2D eigenvalue weighted by Crippen LogP contribution is 2.28. The number of carbonyl (C=O) groups excluding carboxylic acids is 2. The summed E-state index contributed by atoms with van der Waals surface area (Å²) in [5.41, 5.74) is 1.12.